The highest BCUT2D eigenvalue weighted by molar-refractivity contribution is 7.13. The Hall–Kier alpha value is -2.12. The van der Waals surface area contributed by atoms with Crippen LogP contribution in [-0.4, -0.2) is 26.7 Å². The largest absolute Gasteiger partial charge is 0.340 e. The first-order valence-electron chi connectivity index (χ1n) is 6.24. The van der Waals surface area contributed by atoms with Gasteiger partial charge in [0, 0.05) is 31.1 Å². The van der Waals surface area contributed by atoms with Gasteiger partial charge in [-0.15, -0.1) is 11.3 Å². The van der Waals surface area contributed by atoms with E-state index in [0.717, 1.165) is 35.9 Å². The van der Waals surface area contributed by atoms with Crippen molar-refractivity contribution in [2.75, 3.05) is 6.54 Å². The third-order valence-corrected chi connectivity index (χ3v) is 3.58. The predicted molar refractivity (Wildman–Crippen MR) is 75.1 cm³/mol. The number of nitrogens with zero attached hydrogens (tertiary/aromatic N) is 4. The smallest absolute Gasteiger partial charge is 0.227 e. The van der Waals surface area contributed by atoms with E-state index in [1.807, 2.05) is 23.6 Å². The summed E-state index contributed by atoms with van der Waals surface area (Å²) in [5, 5.41) is 9.85. The molecule has 0 aliphatic rings. The fourth-order valence-corrected chi connectivity index (χ4v) is 2.51. The van der Waals surface area contributed by atoms with Gasteiger partial charge >= 0.3 is 0 Å². The summed E-state index contributed by atoms with van der Waals surface area (Å²) in [5.41, 5.74) is 1.93. The lowest BCUT2D eigenvalue weighted by Gasteiger charge is -1.99. The van der Waals surface area contributed by atoms with E-state index in [4.69, 9.17) is 4.52 Å². The number of nitrogens with one attached hydrogen (secondary N) is 1. The van der Waals surface area contributed by atoms with E-state index in [9.17, 15) is 0 Å². The van der Waals surface area contributed by atoms with Crippen molar-refractivity contribution < 1.29 is 4.52 Å². The van der Waals surface area contributed by atoms with E-state index >= 15 is 0 Å². The minimum atomic E-state index is 0.643. The Morgan fingerprint density at radius 1 is 1.25 bits per heavy atom. The van der Waals surface area contributed by atoms with E-state index in [0.29, 0.717) is 5.89 Å². The monoisotopic (exact) mass is 287 g/mol. The van der Waals surface area contributed by atoms with Crippen molar-refractivity contribution in [3.63, 3.8) is 0 Å². The molecule has 0 amide bonds. The highest BCUT2D eigenvalue weighted by Crippen LogP contribution is 2.21. The average molecular weight is 287 g/mol. The second kappa shape index (κ2) is 6.36. The Bertz CT molecular complexity index is 638. The van der Waals surface area contributed by atoms with E-state index in [2.05, 4.69) is 25.4 Å². The van der Waals surface area contributed by atoms with Crippen LogP contribution in [-0.2, 0) is 13.0 Å². The van der Waals surface area contributed by atoms with E-state index < -0.39 is 0 Å². The molecule has 0 saturated heterocycles. The topological polar surface area (TPSA) is 76.7 Å². The third-order valence-electron chi connectivity index (χ3n) is 2.66. The SMILES string of the molecule is c1ccc(-c2nc(CNCCc3ncno3)cs2)nc1. The van der Waals surface area contributed by atoms with Crippen LogP contribution in [0.2, 0.25) is 0 Å². The molecule has 0 fully saturated rings. The number of hydrogen-bond acceptors (Lipinski definition) is 7. The summed E-state index contributed by atoms with van der Waals surface area (Å²) in [6.07, 6.45) is 3.91. The molecule has 6 nitrogen and oxygen atoms in total. The summed E-state index contributed by atoms with van der Waals surface area (Å²) in [4.78, 5) is 12.8. The van der Waals surface area contributed by atoms with Gasteiger partial charge < -0.3 is 9.84 Å². The molecular weight excluding hydrogens is 274 g/mol. The van der Waals surface area contributed by atoms with Gasteiger partial charge in [-0.3, -0.25) is 4.98 Å². The molecule has 3 aromatic rings. The molecule has 7 heteroatoms. The normalized spacial score (nSPS) is 10.8. The number of rotatable bonds is 6. The second-order valence-corrected chi connectivity index (χ2v) is 4.98. The summed E-state index contributed by atoms with van der Waals surface area (Å²) >= 11 is 1.60. The summed E-state index contributed by atoms with van der Waals surface area (Å²) in [5.74, 6) is 0.643. The zero-order valence-corrected chi connectivity index (χ0v) is 11.5. The van der Waals surface area contributed by atoms with Crippen LogP contribution in [0.4, 0.5) is 0 Å². The Balaban J connectivity index is 1.50. The van der Waals surface area contributed by atoms with Gasteiger partial charge in [0.25, 0.3) is 0 Å². The Kier molecular flexibility index (Phi) is 4.10. The van der Waals surface area contributed by atoms with Crippen LogP contribution in [0, 0.1) is 0 Å². The second-order valence-electron chi connectivity index (χ2n) is 4.12. The number of aromatic nitrogens is 4. The molecule has 3 heterocycles. The third kappa shape index (κ3) is 3.25. The highest BCUT2D eigenvalue weighted by Gasteiger charge is 2.05. The van der Waals surface area contributed by atoms with E-state index in [-0.39, 0.29) is 0 Å². The van der Waals surface area contributed by atoms with E-state index in [1.54, 1.807) is 17.5 Å². The fourth-order valence-electron chi connectivity index (χ4n) is 1.71. The summed E-state index contributed by atoms with van der Waals surface area (Å²) in [6, 6.07) is 5.83. The van der Waals surface area contributed by atoms with Gasteiger partial charge in [0.05, 0.1) is 11.4 Å². The van der Waals surface area contributed by atoms with Crippen molar-refractivity contribution in [1.29, 1.82) is 0 Å². The van der Waals surface area contributed by atoms with Gasteiger partial charge in [0.1, 0.15) is 5.01 Å². The first kappa shape index (κ1) is 12.9. The maximum Gasteiger partial charge on any atom is 0.227 e. The van der Waals surface area contributed by atoms with Crippen LogP contribution >= 0.6 is 11.3 Å². The van der Waals surface area contributed by atoms with Crippen molar-refractivity contribution in [3.8, 4) is 10.7 Å². The molecular formula is C13H13N5OS. The van der Waals surface area contributed by atoms with Gasteiger partial charge in [0.2, 0.25) is 5.89 Å². The van der Waals surface area contributed by atoms with Gasteiger partial charge in [-0.25, -0.2) is 4.98 Å². The predicted octanol–water partition coefficient (Wildman–Crippen LogP) is 1.92. The number of pyridine rings is 1. The minimum Gasteiger partial charge on any atom is -0.340 e. The van der Waals surface area contributed by atoms with Gasteiger partial charge in [-0.05, 0) is 12.1 Å². The first-order valence-corrected chi connectivity index (χ1v) is 7.12. The highest BCUT2D eigenvalue weighted by atomic mass is 32.1. The molecule has 1 N–H and O–H groups in total. The van der Waals surface area contributed by atoms with Crippen molar-refractivity contribution in [2.24, 2.45) is 0 Å². The Morgan fingerprint density at radius 3 is 3.05 bits per heavy atom. The van der Waals surface area contributed by atoms with Gasteiger partial charge in [0.15, 0.2) is 6.33 Å². The first-order chi connectivity index (χ1) is 9.92. The molecule has 0 saturated carbocycles. The summed E-state index contributed by atoms with van der Waals surface area (Å²) in [7, 11) is 0. The molecule has 3 aromatic heterocycles. The zero-order chi connectivity index (χ0) is 13.6. The average Bonchev–Trinajstić information content (AvgIpc) is 3.16. The summed E-state index contributed by atoms with van der Waals surface area (Å²) in [6.45, 7) is 1.50. The van der Waals surface area contributed by atoms with Crippen LogP contribution in [0.1, 0.15) is 11.6 Å². The Labute approximate surface area is 119 Å². The van der Waals surface area contributed by atoms with Gasteiger partial charge in [-0.1, -0.05) is 11.2 Å². The maximum absolute atomic E-state index is 4.92. The summed E-state index contributed by atoms with van der Waals surface area (Å²) < 4.78 is 4.92. The lowest BCUT2D eigenvalue weighted by molar-refractivity contribution is 0.375. The van der Waals surface area contributed by atoms with Crippen LogP contribution in [0.5, 0.6) is 0 Å². The molecule has 0 atom stereocenters. The molecule has 0 aliphatic heterocycles. The molecule has 20 heavy (non-hydrogen) atoms. The molecule has 3 rings (SSSR count). The molecule has 0 bridgehead atoms. The van der Waals surface area contributed by atoms with Crippen LogP contribution in [0.15, 0.2) is 40.6 Å². The zero-order valence-electron chi connectivity index (χ0n) is 10.7. The standard InChI is InChI=1S/C13H13N5OS/c1-2-5-15-11(3-1)13-18-10(8-20-13)7-14-6-4-12-16-9-17-19-12/h1-3,5,8-9,14H,4,6-7H2. The molecule has 0 aliphatic carbocycles. The quantitative estimate of drug-likeness (QED) is 0.698. The molecule has 0 aromatic carbocycles. The lowest BCUT2D eigenvalue weighted by Crippen LogP contribution is -2.17. The molecule has 0 spiro atoms. The van der Waals surface area contributed by atoms with Crippen molar-refractivity contribution in [1.82, 2.24) is 25.4 Å². The lowest BCUT2D eigenvalue weighted by atomic mass is 10.3. The number of hydrogen-bond donors (Lipinski definition) is 1. The molecule has 0 radical (unpaired) electrons. The number of thiazole rings is 1. The molecule has 102 valence electrons. The maximum atomic E-state index is 4.92. The van der Waals surface area contributed by atoms with Crippen LogP contribution < -0.4 is 5.32 Å². The fraction of sp³-hybridized carbons (Fsp3) is 0.231. The van der Waals surface area contributed by atoms with Crippen molar-refractivity contribution >= 4 is 11.3 Å². The Morgan fingerprint density at radius 2 is 2.25 bits per heavy atom. The van der Waals surface area contributed by atoms with Gasteiger partial charge in [-0.2, -0.15) is 4.98 Å². The van der Waals surface area contributed by atoms with E-state index in [1.165, 1.54) is 6.33 Å². The van der Waals surface area contributed by atoms with Crippen molar-refractivity contribution in [2.45, 2.75) is 13.0 Å². The van der Waals surface area contributed by atoms with Crippen molar-refractivity contribution in [3.05, 3.63) is 47.7 Å². The van der Waals surface area contributed by atoms with Crippen LogP contribution in [0.3, 0.4) is 0 Å². The minimum absolute atomic E-state index is 0.643. The van der Waals surface area contributed by atoms with Crippen LogP contribution in [0.25, 0.3) is 10.7 Å². The molecule has 0 unspecified atom stereocenters.